The van der Waals surface area contributed by atoms with Crippen LogP contribution in [-0.2, 0) is 35.8 Å². The third-order valence-corrected chi connectivity index (χ3v) is 1.33. The van der Waals surface area contributed by atoms with Crippen molar-refractivity contribution in [3.8, 4) is 0 Å². The minimum absolute atomic E-state index is 0. The predicted molar refractivity (Wildman–Crippen MR) is 30.1 cm³/mol. The van der Waals surface area contributed by atoms with Gasteiger partial charge in [-0.05, 0) is 0 Å². The summed E-state index contributed by atoms with van der Waals surface area (Å²) in [5.74, 6) is -26.0. The molecule has 0 aromatic heterocycles. The summed E-state index contributed by atoms with van der Waals surface area (Å²) >= 11 is 0. The first kappa shape index (κ1) is 17.8. The summed E-state index contributed by atoms with van der Waals surface area (Å²) in [6.45, 7) is 0. The molecule has 0 saturated carbocycles. The molecule has 11 heteroatoms. The van der Waals surface area contributed by atoms with Crippen LogP contribution in [0, 0.1) is 0 Å². The molecule has 0 rings (SSSR count). The SMILES string of the molecule is O=C(O)C(F)(F)C(F)(F)C(F)(F)C(=O)O.[Zr]. The van der Waals surface area contributed by atoms with Crippen molar-refractivity contribution in [2.24, 2.45) is 0 Å². The molecule has 0 radical (unpaired) electrons. The van der Waals surface area contributed by atoms with Crippen LogP contribution in [-0.4, -0.2) is 39.9 Å². The van der Waals surface area contributed by atoms with Crippen molar-refractivity contribution in [2.75, 3.05) is 0 Å². The zero-order chi connectivity index (χ0) is 12.7. The molecule has 0 amide bonds. The van der Waals surface area contributed by atoms with E-state index in [0.29, 0.717) is 0 Å². The third kappa shape index (κ3) is 2.38. The Labute approximate surface area is 102 Å². The molecular formula is C5H2F6O4Zr. The van der Waals surface area contributed by atoms with E-state index in [2.05, 4.69) is 0 Å². The molecular weight excluding hydrogens is 329 g/mol. The van der Waals surface area contributed by atoms with Crippen LogP contribution in [0.4, 0.5) is 26.3 Å². The molecule has 0 heterocycles. The average Bonchev–Trinajstić information content (AvgIpc) is 2.02. The van der Waals surface area contributed by atoms with Crippen LogP contribution < -0.4 is 0 Å². The number of aliphatic carboxylic acids is 2. The largest absolute Gasteiger partial charge is 0.477 e. The summed E-state index contributed by atoms with van der Waals surface area (Å²) in [6.07, 6.45) is 0. The molecule has 0 unspecified atom stereocenters. The van der Waals surface area contributed by atoms with Crippen LogP contribution in [0.2, 0.25) is 0 Å². The first-order chi connectivity index (χ1) is 6.39. The maximum atomic E-state index is 12.2. The molecule has 0 aromatic carbocycles. The van der Waals surface area contributed by atoms with Gasteiger partial charge in [-0.15, -0.1) is 0 Å². The summed E-state index contributed by atoms with van der Waals surface area (Å²) < 4.78 is 72.8. The fraction of sp³-hybridized carbons (Fsp3) is 0.600. The minimum Gasteiger partial charge on any atom is -0.477 e. The monoisotopic (exact) mass is 330 g/mol. The molecule has 0 aliphatic heterocycles. The number of carboxylic acids is 2. The number of carboxylic acid groups (broad SMARTS) is 2. The first-order valence-corrected chi connectivity index (χ1v) is 2.99. The van der Waals surface area contributed by atoms with E-state index in [1.54, 1.807) is 0 Å². The van der Waals surface area contributed by atoms with Crippen molar-refractivity contribution in [1.29, 1.82) is 0 Å². The van der Waals surface area contributed by atoms with E-state index in [1.807, 2.05) is 0 Å². The Morgan fingerprint density at radius 2 is 0.938 bits per heavy atom. The van der Waals surface area contributed by atoms with Crippen molar-refractivity contribution in [2.45, 2.75) is 17.8 Å². The van der Waals surface area contributed by atoms with Crippen LogP contribution in [0.25, 0.3) is 0 Å². The summed E-state index contributed by atoms with van der Waals surface area (Å²) in [5.41, 5.74) is 0. The fourth-order valence-corrected chi connectivity index (χ4v) is 0.466. The van der Waals surface area contributed by atoms with Crippen LogP contribution in [0.15, 0.2) is 0 Å². The minimum atomic E-state index is -6.53. The summed E-state index contributed by atoms with van der Waals surface area (Å²) in [7, 11) is 0. The molecule has 0 aliphatic carbocycles. The van der Waals surface area contributed by atoms with E-state index >= 15 is 0 Å². The van der Waals surface area contributed by atoms with E-state index in [9.17, 15) is 35.9 Å². The van der Waals surface area contributed by atoms with Gasteiger partial charge in [0.2, 0.25) is 0 Å². The number of halogens is 6. The maximum absolute atomic E-state index is 12.2. The second-order valence-corrected chi connectivity index (χ2v) is 2.33. The molecule has 0 saturated heterocycles. The van der Waals surface area contributed by atoms with Crippen molar-refractivity contribution >= 4 is 11.9 Å². The standard InChI is InChI=1S/C5H2F6O4.Zr/c6-3(7,1(12)13)5(10,11)4(8,9)2(14)15;/h(H,12,13)(H,14,15);. The molecule has 4 nitrogen and oxygen atoms in total. The van der Waals surface area contributed by atoms with Gasteiger partial charge >= 0.3 is 29.7 Å². The maximum Gasteiger partial charge on any atom is 0.411 e. The molecule has 16 heavy (non-hydrogen) atoms. The Hall–Kier alpha value is -0.597. The van der Waals surface area contributed by atoms with Gasteiger partial charge < -0.3 is 10.2 Å². The molecule has 92 valence electrons. The average molecular weight is 331 g/mol. The van der Waals surface area contributed by atoms with Gasteiger partial charge in [0.05, 0.1) is 0 Å². The number of hydrogen-bond donors (Lipinski definition) is 2. The van der Waals surface area contributed by atoms with E-state index in [1.165, 1.54) is 0 Å². The summed E-state index contributed by atoms with van der Waals surface area (Å²) in [5, 5.41) is 15.1. The molecule has 0 fully saturated rings. The van der Waals surface area contributed by atoms with E-state index in [0.717, 1.165) is 0 Å². The van der Waals surface area contributed by atoms with Crippen LogP contribution in [0.5, 0.6) is 0 Å². The normalized spacial score (nSPS) is 12.9. The number of alkyl halides is 6. The molecule has 0 aromatic rings. The molecule has 2 N–H and O–H groups in total. The van der Waals surface area contributed by atoms with Crippen molar-refractivity contribution in [3.05, 3.63) is 0 Å². The zero-order valence-corrected chi connectivity index (χ0v) is 9.44. The second kappa shape index (κ2) is 4.72. The molecule has 0 atom stereocenters. The topological polar surface area (TPSA) is 74.6 Å². The van der Waals surface area contributed by atoms with Crippen molar-refractivity contribution in [1.82, 2.24) is 0 Å². The molecule has 0 spiro atoms. The third-order valence-electron chi connectivity index (χ3n) is 1.33. The van der Waals surface area contributed by atoms with Gasteiger partial charge in [0.25, 0.3) is 0 Å². The van der Waals surface area contributed by atoms with Gasteiger partial charge in [-0.2, -0.15) is 26.3 Å². The van der Waals surface area contributed by atoms with E-state index in [-0.39, 0.29) is 26.2 Å². The second-order valence-electron chi connectivity index (χ2n) is 2.33. The number of hydrogen-bond acceptors (Lipinski definition) is 2. The number of rotatable bonds is 4. The Morgan fingerprint density at radius 1 is 0.750 bits per heavy atom. The van der Waals surface area contributed by atoms with Gasteiger partial charge in [-0.1, -0.05) is 0 Å². The van der Waals surface area contributed by atoms with Gasteiger partial charge in [0.15, 0.2) is 0 Å². The van der Waals surface area contributed by atoms with E-state index < -0.39 is 29.7 Å². The van der Waals surface area contributed by atoms with E-state index in [4.69, 9.17) is 10.2 Å². The van der Waals surface area contributed by atoms with Crippen LogP contribution in [0.1, 0.15) is 0 Å². The Bertz CT molecular complexity index is 275. The number of carbonyl (C=O) groups is 2. The van der Waals surface area contributed by atoms with Gasteiger partial charge in [-0.3, -0.25) is 0 Å². The van der Waals surface area contributed by atoms with Crippen molar-refractivity contribution in [3.63, 3.8) is 0 Å². The van der Waals surface area contributed by atoms with Gasteiger partial charge in [-0.25, -0.2) is 9.59 Å². The van der Waals surface area contributed by atoms with Crippen LogP contribution >= 0.6 is 0 Å². The Kier molecular flexibility index (Phi) is 5.25. The predicted octanol–water partition coefficient (Wildman–Crippen LogP) is 1.06. The van der Waals surface area contributed by atoms with Gasteiger partial charge in [0.1, 0.15) is 0 Å². The Morgan fingerprint density at radius 3 is 1.06 bits per heavy atom. The van der Waals surface area contributed by atoms with Gasteiger partial charge in [0, 0.05) is 26.2 Å². The first-order valence-electron chi connectivity index (χ1n) is 2.99. The van der Waals surface area contributed by atoms with Crippen LogP contribution in [0.3, 0.4) is 0 Å². The molecule has 0 bridgehead atoms. The summed E-state index contributed by atoms with van der Waals surface area (Å²) in [4.78, 5) is 19.2. The van der Waals surface area contributed by atoms with Crippen molar-refractivity contribution < 1.29 is 72.3 Å². The quantitative estimate of drug-likeness (QED) is 0.756. The zero-order valence-electron chi connectivity index (χ0n) is 6.98. The summed E-state index contributed by atoms with van der Waals surface area (Å²) in [6, 6.07) is 0. The smallest absolute Gasteiger partial charge is 0.411 e. The molecule has 0 aliphatic rings. The fourth-order valence-electron chi connectivity index (χ4n) is 0.466. The Balaban J connectivity index is 0.